The number of ether oxygens (including phenoxy) is 2. The summed E-state index contributed by atoms with van der Waals surface area (Å²) in [6, 6.07) is 4.11. The normalized spacial score (nSPS) is 10.7. The van der Waals surface area contributed by atoms with Crippen molar-refractivity contribution in [3.63, 3.8) is 0 Å². The van der Waals surface area contributed by atoms with Crippen LogP contribution in [0.15, 0.2) is 12.1 Å². The van der Waals surface area contributed by atoms with Gasteiger partial charge >= 0.3 is 0 Å². The lowest BCUT2D eigenvalue weighted by Gasteiger charge is -2.24. The molecule has 0 spiro atoms. The molecule has 2 N–H and O–H groups in total. The third-order valence-electron chi connectivity index (χ3n) is 2.98. The summed E-state index contributed by atoms with van der Waals surface area (Å²) in [6.45, 7) is 5.56. The Kier molecular flexibility index (Phi) is 7.40. The molecule has 1 heterocycles. The Hall–Kier alpha value is -1.17. The van der Waals surface area contributed by atoms with Gasteiger partial charge in [0.15, 0.2) is 0 Å². The van der Waals surface area contributed by atoms with Crippen molar-refractivity contribution in [2.45, 2.75) is 19.9 Å². The average molecular weight is 267 g/mol. The van der Waals surface area contributed by atoms with E-state index in [9.17, 15) is 0 Å². The molecule has 108 valence electrons. The standard InChI is InChI=1S/C14H25N3O2/c1-4-13-9-12(11-15)10-14(16-13)17(5-7-18-2)6-8-19-3/h9-10H,4-8,11,15H2,1-3H3. The number of hydrogen-bond donors (Lipinski definition) is 1. The maximum atomic E-state index is 5.75. The van der Waals surface area contributed by atoms with Gasteiger partial charge in [-0.15, -0.1) is 0 Å². The van der Waals surface area contributed by atoms with Gasteiger partial charge in [-0.2, -0.15) is 0 Å². The first-order valence-corrected chi connectivity index (χ1v) is 6.67. The summed E-state index contributed by atoms with van der Waals surface area (Å²) in [5, 5.41) is 0. The number of aromatic nitrogens is 1. The molecule has 0 bridgehead atoms. The van der Waals surface area contributed by atoms with Crippen LogP contribution in [0.5, 0.6) is 0 Å². The Morgan fingerprint density at radius 3 is 2.26 bits per heavy atom. The first-order valence-electron chi connectivity index (χ1n) is 6.67. The van der Waals surface area contributed by atoms with Crippen LogP contribution in [0.4, 0.5) is 5.82 Å². The number of aryl methyl sites for hydroxylation is 1. The lowest BCUT2D eigenvalue weighted by molar-refractivity contribution is 0.190. The van der Waals surface area contributed by atoms with Crippen molar-refractivity contribution in [3.8, 4) is 0 Å². The molecule has 0 radical (unpaired) electrons. The van der Waals surface area contributed by atoms with Gasteiger partial charge in [-0.3, -0.25) is 0 Å². The molecule has 0 atom stereocenters. The Morgan fingerprint density at radius 1 is 1.16 bits per heavy atom. The fraction of sp³-hybridized carbons (Fsp3) is 0.643. The smallest absolute Gasteiger partial charge is 0.129 e. The molecule has 0 aromatic carbocycles. The molecule has 1 rings (SSSR count). The maximum absolute atomic E-state index is 5.75. The van der Waals surface area contributed by atoms with Gasteiger partial charge in [0.1, 0.15) is 5.82 Å². The van der Waals surface area contributed by atoms with Crippen LogP contribution in [0.2, 0.25) is 0 Å². The average Bonchev–Trinajstić information content (AvgIpc) is 2.46. The van der Waals surface area contributed by atoms with E-state index in [1.54, 1.807) is 14.2 Å². The zero-order valence-corrected chi connectivity index (χ0v) is 12.2. The third-order valence-corrected chi connectivity index (χ3v) is 2.98. The first kappa shape index (κ1) is 15.9. The zero-order chi connectivity index (χ0) is 14.1. The van der Waals surface area contributed by atoms with E-state index in [1.165, 1.54) is 0 Å². The largest absolute Gasteiger partial charge is 0.383 e. The van der Waals surface area contributed by atoms with Crippen molar-refractivity contribution in [1.29, 1.82) is 0 Å². The van der Waals surface area contributed by atoms with E-state index in [0.717, 1.165) is 36.6 Å². The van der Waals surface area contributed by atoms with E-state index in [0.29, 0.717) is 19.8 Å². The van der Waals surface area contributed by atoms with E-state index in [2.05, 4.69) is 22.9 Å². The van der Waals surface area contributed by atoms with Crippen LogP contribution in [0, 0.1) is 0 Å². The van der Waals surface area contributed by atoms with Crippen LogP contribution in [0.25, 0.3) is 0 Å². The lowest BCUT2D eigenvalue weighted by atomic mass is 10.2. The molecule has 0 fully saturated rings. The van der Waals surface area contributed by atoms with E-state index >= 15 is 0 Å². The fourth-order valence-electron chi connectivity index (χ4n) is 1.84. The quantitative estimate of drug-likeness (QED) is 0.728. The molecule has 19 heavy (non-hydrogen) atoms. The van der Waals surface area contributed by atoms with E-state index in [-0.39, 0.29) is 0 Å². The van der Waals surface area contributed by atoms with Crippen LogP contribution >= 0.6 is 0 Å². The number of anilines is 1. The fourth-order valence-corrected chi connectivity index (χ4v) is 1.84. The second kappa shape index (κ2) is 8.85. The third kappa shape index (κ3) is 5.14. The van der Waals surface area contributed by atoms with Crippen molar-refractivity contribution in [1.82, 2.24) is 4.98 Å². The van der Waals surface area contributed by atoms with Gasteiger partial charge in [0.25, 0.3) is 0 Å². The summed E-state index contributed by atoms with van der Waals surface area (Å²) in [4.78, 5) is 6.84. The second-order valence-corrected chi connectivity index (χ2v) is 4.36. The molecule has 1 aromatic rings. The van der Waals surface area contributed by atoms with Gasteiger partial charge in [-0.25, -0.2) is 4.98 Å². The Morgan fingerprint density at radius 2 is 1.79 bits per heavy atom. The number of nitrogens with two attached hydrogens (primary N) is 1. The highest BCUT2D eigenvalue weighted by Crippen LogP contribution is 2.15. The molecule has 5 heteroatoms. The molecule has 0 aliphatic rings. The highest BCUT2D eigenvalue weighted by Gasteiger charge is 2.10. The van der Waals surface area contributed by atoms with Crippen LogP contribution in [0.1, 0.15) is 18.2 Å². The minimum atomic E-state index is 0.533. The summed E-state index contributed by atoms with van der Waals surface area (Å²) >= 11 is 0. The van der Waals surface area contributed by atoms with E-state index in [1.807, 2.05) is 6.07 Å². The predicted molar refractivity (Wildman–Crippen MR) is 77.5 cm³/mol. The van der Waals surface area contributed by atoms with Gasteiger partial charge < -0.3 is 20.1 Å². The minimum absolute atomic E-state index is 0.533. The molecule has 1 aromatic heterocycles. The van der Waals surface area contributed by atoms with Gasteiger partial charge in [-0.05, 0) is 24.1 Å². The molecule has 0 aliphatic heterocycles. The highest BCUT2D eigenvalue weighted by molar-refractivity contribution is 5.43. The number of rotatable bonds is 9. The van der Waals surface area contributed by atoms with Crippen LogP contribution in [0.3, 0.4) is 0 Å². The second-order valence-electron chi connectivity index (χ2n) is 4.36. The Balaban J connectivity index is 2.91. The topological polar surface area (TPSA) is 60.6 Å². The van der Waals surface area contributed by atoms with Gasteiger partial charge in [-0.1, -0.05) is 6.92 Å². The van der Waals surface area contributed by atoms with Gasteiger partial charge in [0.2, 0.25) is 0 Å². The number of methoxy groups -OCH3 is 2. The predicted octanol–water partition coefficient (Wildman–Crippen LogP) is 1.20. The molecule has 0 unspecified atom stereocenters. The summed E-state index contributed by atoms with van der Waals surface area (Å²) < 4.78 is 10.3. The Bertz CT molecular complexity index is 341. The maximum Gasteiger partial charge on any atom is 0.129 e. The monoisotopic (exact) mass is 267 g/mol. The number of hydrogen-bond acceptors (Lipinski definition) is 5. The first-order chi connectivity index (χ1) is 9.24. The van der Waals surface area contributed by atoms with Gasteiger partial charge in [0.05, 0.1) is 13.2 Å². The molecule has 0 saturated heterocycles. The van der Waals surface area contributed by atoms with Crippen LogP contribution in [-0.2, 0) is 22.4 Å². The van der Waals surface area contributed by atoms with Crippen LogP contribution < -0.4 is 10.6 Å². The summed E-state index contributed by atoms with van der Waals surface area (Å²) in [7, 11) is 3.41. The lowest BCUT2D eigenvalue weighted by Crippen LogP contribution is -2.31. The zero-order valence-electron chi connectivity index (χ0n) is 12.2. The molecule has 0 saturated carbocycles. The van der Waals surface area contributed by atoms with Crippen molar-refractivity contribution in [3.05, 3.63) is 23.4 Å². The molecule has 0 amide bonds. The highest BCUT2D eigenvalue weighted by atomic mass is 16.5. The molecule has 0 aliphatic carbocycles. The summed E-state index contributed by atoms with van der Waals surface area (Å²) in [5.41, 5.74) is 7.93. The van der Waals surface area contributed by atoms with E-state index < -0.39 is 0 Å². The minimum Gasteiger partial charge on any atom is -0.383 e. The van der Waals surface area contributed by atoms with E-state index in [4.69, 9.17) is 15.2 Å². The molecular formula is C14H25N3O2. The number of pyridine rings is 1. The van der Waals surface area contributed by atoms with Crippen molar-refractivity contribution in [2.75, 3.05) is 45.4 Å². The van der Waals surface area contributed by atoms with Crippen molar-refractivity contribution >= 4 is 5.82 Å². The Labute approximate surface area is 115 Å². The molecule has 5 nitrogen and oxygen atoms in total. The summed E-state index contributed by atoms with van der Waals surface area (Å²) in [5.74, 6) is 0.953. The van der Waals surface area contributed by atoms with Crippen molar-refractivity contribution < 1.29 is 9.47 Å². The van der Waals surface area contributed by atoms with Gasteiger partial charge in [0, 0.05) is 39.5 Å². The van der Waals surface area contributed by atoms with Crippen molar-refractivity contribution in [2.24, 2.45) is 5.73 Å². The SMILES string of the molecule is CCc1cc(CN)cc(N(CCOC)CCOC)n1. The number of nitrogens with zero attached hydrogens (tertiary/aromatic N) is 2. The summed E-state index contributed by atoms with van der Waals surface area (Å²) in [6.07, 6.45) is 0.906. The molecular weight excluding hydrogens is 242 g/mol. The van der Waals surface area contributed by atoms with Crippen LogP contribution in [-0.4, -0.2) is 45.5 Å².